The highest BCUT2D eigenvalue weighted by Crippen LogP contribution is 2.20. The lowest BCUT2D eigenvalue weighted by atomic mass is 10.2. The van der Waals surface area contributed by atoms with Gasteiger partial charge in [0.05, 0.1) is 24.0 Å². The molecule has 0 aromatic carbocycles. The molecule has 0 N–H and O–H groups in total. The summed E-state index contributed by atoms with van der Waals surface area (Å²) in [5, 5.41) is 0.563. The SMILES string of the molecule is CN(Cc1ncccn1)C1CCN(c2ncc(Cl)cn2)C1. The van der Waals surface area contributed by atoms with Crippen molar-refractivity contribution in [1.29, 1.82) is 0 Å². The van der Waals surface area contributed by atoms with Crippen LogP contribution in [0.25, 0.3) is 0 Å². The second kappa shape index (κ2) is 6.32. The zero-order valence-corrected chi connectivity index (χ0v) is 12.6. The number of anilines is 1. The molecule has 1 aliphatic rings. The van der Waals surface area contributed by atoms with E-state index in [0.29, 0.717) is 11.1 Å². The Balaban J connectivity index is 1.60. The molecule has 0 spiro atoms. The smallest absolute Gasteiger partial charge is 0.225 e. The molecule has 0 radical (unpaired) electrons. The first-order valence-electron chi connectivity index (χ1n) is 6.91. The van der Waals surface area contributed by atoms with E-state index in [1.54, 1.807) is 24.8 Å². The van der Waals surface area contributed by atoms with Crippen LogP contribution in [-0.2, 0) is 6.54 Å². The Bertz CT molecular complexity index is 576. The fourth-order valence-corrected chi connectivity index (χ4v) is 2.61. The first kappa shape index (κ1) is 14.2. The van der Waals surface area contributed by atoms with E-state index < -0.39 is 0 Å². The number of likely N-dealkylation sites (N-methyl/N-ethyl adjacent to an activating group) is 1. The van der Waals surface area contributed by atoms with E-state index in [0.717, 1.165) is 37.8 Å². The normalized spacial score (nSPS) is 18.4. The maximum atomic E-state index is 5.82. The summed E-state index contributed by atoms with van der Waals surface area (Å²) in [7, 11) is 2.10. The topological polar surface area (TPSA) is 58.0 Å². The molecule has 7 heteroatoms. The van der Waals surface area contributed by atoms with Gasteiger partial charge in [0.2, 0.25) is 5.95 Å². The first-order valence-corrected chi connectivity index (χ1v) is 7.29. The van der Waals surface area contributed by atoms with E-state index >= 15 is 0 Å². The van der Waals surface area contributed by atoms with Crippen LogP contribution >= 0.6 is 11.6 Å². The Labute approximate surface area is 128 Å². The average Bonchev–Trinajstić information content (AvgIpc) is 2.99. The highest BCUT2D eigenvalue weighted by atomic mass is 35.5. The largest absolute Gasteiger partial charge is 0.339 e. The number of hydrogen-bond acceptors (Lipinski definition) is 6. The fourth-order valence-electron chi connectivity index (χ4n) is 2.52. The molecule has 21 heavy (non-hydrogen) atoms. The van der Waals surface area contributed by atoms with Gasteiger partial charge in [-0.1, -0.05) is 11.6 Å². The summed E-state index contributed by atoms with van der Waals surface area (Å²) in [6, 6.07) is 2.28. The molecule has 6 nitrogen and oxygen atoms in total. The van der Waals surface area contributed by atoms with Crippen molar-refractivity contribution in [3.63, 3.8) is 0 Å². The summed E-state index contributed by atoms with van der Waals surface area (Å²) in [5.74, 6) is 1.59. The predicted octanol–water partition coefficient (Wildman–Crippen LogP) is 1.63. The number of rotatable bonds is 4. The van der Waals surface area contributed by atoms with Crippen molar-refractivity contribution in [2.45, 2.75) is 19.0 Å². The van der Waals surface area contributed by atoms with Crippen LogP contribution in [0.3, 0.4) is 0 Å². The molecule has 1 saturated heterocycles. The molecule has 110 valence electrons. The number of aromatic nitrogens is 4. The molecule has 1 atom stereocenters. The second-order valence-corrected chi connectivity index (χ2v) is 5.61. The summed E-state index contributed by atoms with van der Waals surface area (Å²) in [6.45, 7) is 2.61. The summed E-state index contributed by atoms with van der Waals surface area (Å²) >= 11 is 5.82. The van der Waals surface area contributed by atoms with Crippen LogP contribution in [0, 0.1) is 0 Å². The van der Waals surface area contributed by atoms with Gasteiger partial charge in [-0.2, -0.15) is 0 Å². The Morgan fingerprint density at radius 2 is 1.95 bits per heavy atom. The van der Waals surface area contributed by atoms with Crippen molar-refractivity contribution in [3.8, 4) is 0 Å². The fraction of sp³-hybridized carbons (Fsp3) is 0.429. The van der Waals surface area contributed by atoms with Crippen molar-refractivity contribution in [2.75, 3.05) is 25.0 Å². The van der Waals surface area contributed by atoms with Gasteiger partial charge in [0.15, 0.2) is 0 Å². The van der Waals surface area contributed by atoms with E-state index in [2.05, 4.69) is 36.8 Å². The van der Waals surface area contributed by atoms with E-state index in [9.17, 15) is 0 Å². The molecule has 0 aliphatic carbocycles. The average molecular weight is 305 g/mol. The van der Waals surface area contributed by atoms with Crippen molar-refractivity contribution in [2.24, 2.45) is 0 Å². The van der Waals surface area contributed by atoms with Crippen LogP contribution in [0.5, 0.6) is 0 Å². The second-order valence-electron chi connectivity index (χ2n) is 5.17. The molecule has 0 amide bonds. The van der Waals surface area contributed by atoms with Crippen LogP contribution in [0.4, 0.5) is 5.95 Å². The van der Waals surface area contributed by atoms with Gasteiger partial charge in [0, 0.05) is 31.5 Å². The molecule has 0 bridgehead atoms. The van der Waals surface area contributed by atoms with Crippen molar-refractivity contribution in [1.82, 2.24) is 24.8 Å². The first-order chi connectivity index (χ1) is 10.2. The van der Waals surface area contributed by atoms with Crippen molar-refractivity contribution >= 4 is 17.5 Å². The zero-order chi connectivity index (χ0) is 14.7. The van der Waals surface area contributed by atoms with Gasteiger partial charge < -0.3 is 4.90 Å². The number of hydrogen-bond donors (Lipinski definition) is 0. The maximum absolute atomic E-state index is 5.82. The highest BCUT2D eigenvalue weighted by Gasteiger charge is 2.27. The minimum atomic E-state index is 0.452. The molecule has 3 heterocycles. The van der Waals surface area contributed by atoms with Gasteiger partial charge in [-0.3, -0.25) is 4.90 Å². The third-order valence-corrected chi connectivity index (χ3v) is 3.88. The molecule has 2 aromatic rings. The summed E-state index contributed by atoms with van der Waals surface area (Å²) in [4.78, 5) is 21.6. The van der Waals surface area contributed by atoms with Crippen LogP contribution in [0.15, 0.2) is 30.9 Å². The van der Waals surface area contributed by atoms with Crippen LogP contribution in [0.1, 0.15) is 12.2 Å². The van der Waals surface area contributed by atoms with Crippen LogP contribution < -0.4 is 4.90 Å². The van der Waals surface area contributed by atoms with E-state index in [-0.39, 0.29) is 0 Å². The van der Waals surface area contributed by atoms with Crippen LogP contribution in [-0.4, -0.2) is 51.0 Å². The Morgan fingerprint density at radius 1 is 1.24 bits per heavy atom. The van der Waals surface area contributed by atoms with Gasteiger partial charge in [-0.25, -0.2) is 19.9 Å². The third kappa shape index (κ3) is 3.46. The standard InChI is InChI=1S/C14H17ClN6/c1-20(10-13-16-4-2-5-17-13)12-3-6-21(9-12)14-18-7-11(15)8-19-14/h2,4-5,7-8,12H,3,6,9-10H2,1H3. The predicted molar refractivity (Wildman–Crippen MR) is 81.2 cm³/mol. The van der Waals surface area contributed by atoms with Crippen molar-refractivity contribution < 1.29 is 0 Å². The third-order valence-electron chi connectivity index (χ3n) is 3.69. The molecule has 3 rings (SSSR count). The molecule has 1 unspecified atom stereocenters. The number of nitrogens with zero attached hydrogens (tertiary/aromatic N) is 6. The molecule has 2 aromatic heterocycles. The maximum Gasteiger partial charge on any atom is 0.225 e. The van der Waals surface area contributed by atoms with Crippen molar-refractivity contribution in [3.05, 3.63) is 41.7 Å². The summed E-state index contributed by atoms with van der Waals surface area (Å²) in [6.07, 6.45) is 7.91. The Morgan fingerprint density at radius 3 is 2.67 bits per heavy atom. The van der Waals surface area contributed by atoms with Gasteiger partial charge >= 0.3 is 0 Å². The molecular weight excluding hydrogens is 288 g/mol. The zero-order valence-electron chi connectivity index (χ0n) is 11.9. The van der Waals surface area contributed by atoms with Gasteiger partial charge in [0.25, 0.3) is 0 Å². The van der Waals surface area contributed by atoms with E-state index in [1.807, 2.05) is 6.07 Å². The quantitative estimate of drug-likeness (QED) is 0.856. The molecule has 1 aliphatic heterocycles. The van der Waals surface area contributed by atoms with Gasteiger partial charge in [-0.15, -0.1) is 0 Å². The minimum Gasteiger partial charge on any atom is -0.339 e. The molecule has 1 fully saturated rings. The van der Waals surface area contributed by atoms with E-state index in [1.165, 1.54) is 0 Å². The minimum absolute atomic E-state index is 0.452. The molecular formula is C14H17ClN6. The van der Waals surface area contributed by atoms with Gasteiger partial charge in [-0.05, 0) is 19.5 Å². The summed E-state index contributed by atoms with van der Waals surface area (Å²) in [5.41, 5.74) is 0. The summed E-state index contributed by atoms with van der Waals surface area (Å²) < 4.78 is 0. The Kier molecular flexibility index (Phi) is 4.26. The molecule has 0 saturated carbocycles. The lowest BCUT2D eigenvalue weighted by Crippen LogP contribution is -2.35. The van der Waals surface area contributed by atoms with Crippen LogP contribution in [0.2, 0.25) is 5.02 Å². The van der Waals surface area contributed by atoms with E-state index in [4.69, 9.17) is 11.6 Å². The Hall–Kier alpha value is -1.79. The monoisotopic (exact) mass is 304 g/mol. The lowest BCUT2D eigenvalue weighted by molar-refractivity contribution is 0.244. The van der Waals surface area contributed by atoms with Gasteiger partial charge in [0.1, 0.15) is 5.82 Å². The highest BCUT2D eigenvalue weighted by molar-refractivity contribution is 6.30. The lowest BCUT2D eigenvalue weighted by Gasteiger charge is -2.23. The number of halogens is 1.